The molecule has 4 nitrogen and oxygen atoms in total. The van der Waals surface area contributed by atoms with Crippen molar-refractivity contribution in [3.63, 3.8) is 0 Å². The van der Waals surface area contributed by atoms with Gasteiger partial charge in [-0.3, -0.25) is 4.90 Å². The molecule has 5 heteroatoms. The van der Waals surface area contributed by atoms with E-state index < -0.39 is 0 Å². The van der Waals surface area contributed by atoms with Crippen LogP contribution in [-0.2, 0) is 6.54 Å². The highest BCUT2D eigenvalue weighted by molar-refractivity contribution is 7.13. The molecule has 0 spiro atoms. The number of rotatable bonds is 3. The maximum Gasteiger partial charge on any atom is 0.236 e. The Balaban J connectivity index is 1.74. The number of aromatic nitrogens is 1. The lowest BCUT2D eigenvalue weighted by molar-refractivity contribution is 0.0660. The number of thiophene rings is 1. The van der Waals surface area contributed by atoms with Gasteiger partial charge in [-0.05, 0) is 37.8 Å². The van der Waals surface area contributed by atoms with Gasteiger partial charge in [-0.25, -0.2) is 4.98 Å². The molecule has 1 atom stereocenters. The molecule has 0 saturated carbocycles. The molecule has 2 aromatic heterocycles. The van der Waals surface area contributed by atoms with Crippen molar-refractivity contribution in [1.29, 1.82) is 0 Å². The number of oxazole rings is 1. The van der Waals surface area contributed by atoms with Crippen LogP contribution in [0.5, 0.6) is 0 Å². The number of hydrogen-bond donors (Lipinski definition) is 1. The van der Waals surface area contributed by atoms with Crippen LogP contribution in [0.4, 0.5) is 0 Å². The van der Waals surface area contributed by atoms with Gasteiger partial charge in [0.1, 0.15) is 5.76 Å². The third-order valence-corrected chi connectivity index (χ3v) is 4.34. The molecule has 0 aromatic carbocycles. The summed E-state index contributed by atoms with van der Waals surface area (Å²) in [4.78, 5) is 7.90. The van der Waals surface area contributed by atoms with Crippen molar-refractivity contribution in [2.45, 2.75) is 32.4 Å². The minimum absolute atomic E-state index is 0.197. The Labute approximate surface area is 116 Å². The first kappa shape index (κ1) is 12.8. The molecule has 1 N–H and O–H groups in total. The van der Waals surface area contributed by atoms with Gasteiger partial charge in [0.25, 0.3) is 0 Å². The van der Waals surface area contributed by atoms with Gasteiger partial charge in [-0.1, -0.05) is 6.07 Å². The molecule has 19 heavy (non-hydrogen) atoms. The molecule has 0 aliphatic carbocycles. The van der Waals surface area contributed by atoms with E-state index in [9.17, 15) is 5.11 Å². The maximum atomic E-state index is 9.70. The standard InChI is InChI=1S/C14H18N2O2S/c1-10-12(9-16-6-2-4-11(17)8-16)15-14(18-10)13-5-3-7-19-13/h3,5,7,11,17H,2,4,6,8-9H2,1H3. The second-order valence-corrected chi connectivity index (χ2v) is 5.98. The van der Waals surface area contributed by atoms with Crippen molar-refractivity contribution < 1.29 is 9.52 Å². The van der Waals surface area contributed by atoms with Crippen LogP contribution in [0.25, 0.3) is 10.8 Å². The van der Waals surface area contributed by atoms with Crippen LogP contribution in [-0.4, -0.2) is 34.2 Å². The van der Waals surface area contributed by atoms with Crippen LogP contribution < -0.4 is 0 Å². The van der Waals surface area contributed by atoms with E-state index in [1.807, 2.05) is 24.4 Å². The summed E-state index contributed by atoms with van der Waals surface area (Å²) in [6, 6.07) is 4.02. The number of aliphatic hydroxyl groups is 1. The predicted molar refractivity (Wildman–Crippen MR) is 75.1 cm³/mol. The van der Waals surface area contributed by atoms with E-state index in [1.54, 1.807) is 11.3 Å². The minimum atomic E-state index is -0.197. The van der Waals surface area contributed by atoms with E-state index in [4.69, 9.17) is 4.42 Å². The van der Waals surface area contributed by atoms with Crippen LogP contribution in [0.2, 0.25) is 0 Å². The van der Waals surface area contributed by atoms with Crippen molar-refractivity contribution in [3.8, 4) is 10.8 Å². The lowest BCUT2D eigenvalue weighted by Gasteiger charge is -2.29. The van der Waals surface area contributed by atoms with Crippen molar-refractivity contribution in [2.75, 3.05) is 13.1 Å². The fraction of sp³-hybridized carbons (Fsp3) is 0.500. The summed E-state index contributed by atoms with van der Waals surface area (Å²) in [7, 11) is 0. The predicted octanol–water partition coefficient (Wildman–Crippen LogP) is 2.67. The molecule has 0 radical (unpaired) electrons. The molecular weight excluding hydrogens is 260 g/mol. The van der Waals surface area contributed by atoms with Crippen LogP contribution in [0.1, 0.15) is 24.3 Å². The largest absolute Gasteiger partial charge is 0.440 e. The number of likely N-dealkylation sites (tertiary alicyclic amines) is 1. The number of nitrogens with zero attached hydrogens (tertiary/aromatic N) is 2. The van der Waals surface area contributed by atoms with Crippen LogP contribution in [0.3, 0.4) is 0 Å². The molecule has 3 rings (SSSR count). The fourth-order valence-electron chi connectivity index (χ4n) is 2.47. The van der Waals surface area contributed by atoms with Crippen LogP contribution >= 0.6 is 11.3 Å². The summed E-state index contributed by atoms with van der Waals surface area (Å²) in [5.74, 6) is 1.59. The average Bonchev–Trinajstić information content (AvgIpc) is 3.00. The van der Waals surface area contributed by atoms with E-state index in [0.29, 0.717) is 5.89 Å². The maximum absolute atomic E-state index is 9.70. The second kappa shape index (κ2) is 5.45. The highest BCUT2D eigenvalue weighted by Gasteiger charge is 2.20. The molecule has 1 saturated heterocycles. The van der Waals surface area contributed by atoms with Gasteiger partial charge < -0.3 is 9.52 Å². The third-order valence-electron chi connectivity index (χ3n) is 3.48. The smallest absolute Gasteiger partial charge is 0.236 e. The normalized spacial score (nSPS) is 20.8. The van der Waals surface area contributed by atoms with Crippen LogP contribution in [0, 0.1) is 6.92 Å². The second-order valence-electron chi connectivity index (χ2n) is 5.03. The summed E-state index contributed by atoms with van der Waals surface area (Å²) in [6.45, 7) is 4.48. The highest BCUT2D eigenvalue weighted by atomic mass is 32.1. The summed E-state index contributed by atoms with van der Waals surface area (Å²) in [5.41, 5.74) is 0.984. The quantitative estimate of drug-likeness (QED) is 0.937. The van der Waals surface area contributed by atoms with Crippen molar-refractivity contribution in [1.82, 2.24) is 9.88 Å². The first-order valence-electron chi connectivity index (χ1n) is 6.63. The van der Waals surface area contributed by atoms with E-state index in [1.165, 1.54) is 0 Å². The first-order chi connectivity index (χ1) is 9.22. The van der Waals surface area contributed by atoms with Gasteiger partial charge in [0.15, 0.2) is 0 Å². The lowest BCUT2D eigenvalue weighted by atomic mass is 10.1. The van der Waals surface area contributed by atoms with Gasteiger partial charge in [-0.15, -0.1) is 11.3 Å². The monoisotopic (exact) mass is 278 g/mol. The summed E-state index contributed by atoms with van der Waals surface area (Å²) >= 11 is 1.63. The van der Waals surface area contributed by atoms with Gasteiger partial charge >= 0.3 is 0 Å². The van der Waals surface area contributed by atoms with E-state index in [-0.39, 0.29) is 6.10 Å². The molecule has 1 aliphatic rings. The Bertz CT molecular complexity index is 536. The average molecular weight is 278 g/mol. The molecule has 0 amide bonds. The first-order valence-corrected chi connectivity index (χ1v) is 7.51. The number of β-amino-alcohol motifs (C(OH)–C–C–N with tert-alkyl or cyclic N) is 1. The molecule has 2 aromatic rings. The molecule has 0 bridgehead atoms. The zero-order valence-corrected chi connectivity index (χ0v) is 11.8. The fourth-order valence-corrected chi connectivity index (χ4v) is 3.12. The van der Waals surface area contributed by atoms with Gasteiger partial charge in [0.2, 0.25) is 5.89 Å². The van der Waals surface area contributed by atoms with Crippen molar-refractivity contribution in [3.05, 3.63) is 29.0 Å². The summed E-state index contributed by atoms with van der Waals surface area (Å²) < 4.78 is 5.74. The zero-order valence-electron chi connectivity index (χ0n) is 11.0. The molecular formula is C14H18N2O2S. The minimum Gasteiger partial charge on any atom is -0.440 e. The van der Waals surface area contributed by atoms with Crippen molar-refractivity contribution >= 4 is 11.3 Å². The summed E-state index contributed by atoms with van der Waals surface area (Å²) in [5, 5.41) is 11.7. The Hall–Kier alpha value is -1.17. The molecule has 3 heterocycles. The zero-order chi connectivity index (χ0) is 13.2. The SMILES string of the molecule is Cc1oc(-c2cccs2)nc1CN1CCCC(O)C1. The molecule has 1 aliphatic heterocycles. The van der Waals surface area contributed by atoms with Gasteiger partial charge in [0.05, 0.1) is 16.7 Å². The lowest BCUT2D eigenvalue weighted by Crippen LogP contribution is -2.37. The Morgan fingerprint density at radius 2 is 2.47 bits per heavy atom. The number of aryl methyl sites for hydroxylation is 1. The van der Waals surface area contributed by atoms with Crippen LogP contribution in [0.15, 0.2) is 21.9 Å². The number of aliphatic hydroxyl groups excluding tert-OH is 1. The van der Waals surface area contributed by atoms with E-state index in [2.05, 4.69) is 9.88 Å². The Morgan fingerprint density at radius 1 is 1.58 bits per heavy atom. The Kier molecular flexibility index (Phi) is 3.68. The third kappa shape index (κ3) is 2.88. The molecule has 1 fully saturated rings. The van der Waals surface area contributed by atoms with Gasteiger partial charge in [-0.2, -0.15) is 0 Å². The molecule has 102 valence electrons. The van der Waals surface area contributed by atoms with Crippen molar-refractivity contribution in [2.24, 2.45) is 0 Å². The number of piperidine rings is 1. The highest BCUT2D eigenvalue weighted by Crippen LogP contribution is 2.26. The van der Waals surface area contributed by atoms with E-state index in [0.717, 1.165) is 48.8 Å². The Morgan fingerprint density at radius 3 is 3.21 bits per heavy atom. The summed E-state index contributed by atoms with van der Waals surface area (Å²) in [6.07, 6.45) is 1.77. The van der Waals surface area contributed by atoms with E-state index >= 15 is 0 Å². The topological polar surface area (TPSA) is 49.5 Å². The molecule has 1 unspecified atom stereocenters. The van der Waals surface area contributed by atoms with Gasteiger partial charge in [0, 0.05) is 13.1 Å². The number of hydrogen-bond acceptors (Lipinski definition) is 5.